The zero-order chi connectivity index (χ0) is 27.7. The molecular weight excluding hydrogens is 405 g/mol. The Kier molecular flexibility index (Phi) is 4.87. The maximum absolute atomic E-state index is 15.6. The molecule has 0 bridgehead atoms. The lowest BCUT2D eigenvalue weighted by molar-refractivity contribution is 0.0597. The van der Waals surface area contributed by atoms with E-state index in [-0.39, 0.29) is 35.3 Å². The molecule has 0 N–H and O–H groups in total. The van der Waals surface area contributed by atoms with Gasteiger partial charge in [0.2, 0.25) is 5.43 Å². The maximum Gasteiger partial charge on any atom is 0.343 e. The number of nitrogens with zero attached hydrogens (tertiary/aromatic N) is 1. The number of carbonyl (C=O) groups excluding carboxylic acids is 1. The average molecular weight is 440 g/mol. The molecule has 0 fully saturated rings. The number of halogens is 1. The molecule has 0 aliphatic carbocycles. The third-order valence-corrected chi connectivity index (χ3v) is 5.33. The number of hydrogen-bond acceptors (Lipinski definition) is 6. The normalized spacial score (nSPS) is 18.4. The lowest BCUT2D eigenvalue weighted by Crippen LogP contribution is -2.31. The first-order valence-electron chi connectivity index (χ1n) is 12.8. The van der Waals surface area contributed by atoms with Gasteiger partial charge in [-0.1, -0.05) is 13.8 Å². The molecule has 7 nitrogen and oxygen atoms in total. The Balaban J connectivity index is 2.21. The van der Waals surface area contributed by atoms with Crippen LogP contribution in [0.3, 0.4) is 0 Å². The van der Waals surface area contributed by atoms with Crippen molar-refractivity contribution in [2.24, 2.45) is 5.92 Å². The van der Waals surface area contributed by atoms with Gasteiger partial charge in [0.25, 0.3) is 0 Å². The fraction of sp³-hybridized carbons (Fsp3) is 0.478. The minimum Gasteiger partial charge on any atom is -0.493 e. The van der Waals surface area contributed by atoms with E-state index in [9.17, 15) is 9.59 Å². The van der Waals surface area contributed by atoms with Crippen LogP contribution in [0.1, 0.15) is 50.5 Å². The Bertz CT molecular complexity index is 1220. The van der Waals surface area contributed by atoms with Crippen molar-refractivity contribution in [2.75, 3.05) is 34.4 Å². The average Bonchev–Trinajstić information content (AvgIpc) is 2.76. The lowest BCUT2D eigenvalue weighted by Gasteiger charge is -2.34. The molecule has 1 aliphatic heterocycles. The van der Waals surface area contributed by atoms with Crippen LogP contribution in [0.5, 0.6) is 11.5 Å². The molecule has 2 heterocycles. The molecule has 0 saturated carbocycles. The number of fused-ring (bicyclic) bond motifs is 3. The van der Waals surface area contributed by atoms with E-state index in [1.165, 1.54) is 17.7 Å². The van der Waals surface area contributed by atoms with Gasteiger partial charge in [-0.15, -0.1) is 0 Å². The van der Waals surface area contributed by atoms with Gasteiger partial charge in [-0.2, -0.15) is 0 Å². The number of aromatic nitrogens is 1. The molecule has 1 atom stereocenters. The summed E-state index contributed by atoms with van der Waals surface area (Å²) in [4.78, 5) is 25.2. The highest BCUT2D eigenvalue weighted by molar-refractivity contribution is 5.89. The van der Waals surface area contributed by atoms with E-state index >= 15 is 4.39 Å². The number of pyridine rings is 1. The standard InChI is InChI=1S/C23H28FNO6/c1-13(2)17-9-14-10-19(31-8-6-7-28-3)18(29-4)11-15(14)21-20(24)22(26)16(12-25(17)21)23(27)30-5/h10-13,17H,6-9H2,1-5H3/t17-/m0/s1/i4D3,5D3. The van der Waals surface area contributed by atoms with Crippen molar-refractivity contribution in [3.8, 4) is 22.8 Å². The largest absolute Gasteiger partial charge is 0.493 e. The van der Waals surface area contributed by atoms with Crippen LogP contribution in [0.4, 0.5) is 4.39 Å². The number of hydrogen-bond donors (Lipinski definition) is 0. The third kappa shape index (κ3) is 4.30. The number of rotatable bonds is 8. The summed E-state index contributed by atoms with van der Waals surface area (Å²) in [5, 5.41) is 0. The second-order valence-corrected chi connectivity index (χ2v) is 7.60. The highest BCUT2D eigenvalue weighted by atomic mass is 19.1. The number of methoxy groups -OCH3 is 3. The summed E-state index contributed by atoms with van der Waals surface area (Å²) in [6.07, 6.45) is 1.93. The molecule has 1 aliphatic rings. The highest BCUT2D eigenvalue weighted by Crippen LogP contribution is 2.43. The summed E-state index contributed by atoms with van der Waals surface area (Å²) >= 11 is 0. The molecule has 31 heavy (non-hydrogen) atoms. The molecule has 0 unspecified atom stereocenters. The number of carbonyl (C=O) groups is 1. The van der Waals surface area contributed by atoms with Gasteiger partial charge in [-0.3, -0.25) is 4.79 Å². The molecule has 0 spiro atoms. The van der Waals surface area contributed by atoms with Gasteiger partial charge in [0.15, 0.2) is 17.3 Å². The zero-order valence-corrected chi connectivity index (χ0v) is 17.5. The fourth-order valence-electron chi connectivity index (χ4n) is 3.77. The quantitative estimate of drug-likeness (QED) is 0.462. The molecule has 0 amide bonds. The zero-order valence-electron chi connectivity index (χ0n) is 23.5. The highest BCUT2D eigenvalue weighted by Gasteiger charge is 2.32. The van der Waals surface area contributed by atoms with Crippen molar-refractivity contribution in [3.63, 3.8) is 0 Å². The molecule has 3 rings (SSSR count). The van der Waals surface area contributed by atoms with Gasteiger partial charge in [-0.05, 0) is 30.0 Å². The molecular formula is C23H28FNO6. The monoisotopic (exact) mass is 439 g/mol. The van der Waals surface area contributed by atoms with E-state index < -0.39 is 42.9 Å². The molecule has 0 saturated heterocycles. The van der Waals surface area contributed by atoms with Gasteiger partial charge in [0, 0.05) is 37.9 Å². The second-order valence-electron chi connectivity index (χ2n) is 7.60. The molecule has 168 valence electrons. The smallest absolute Gasteiger partial charge is 0.343 e. The summed E-state index contributed by atoms with van der Waals surface area (Å²) in [6.45, 7) is 4.36. The Morgan fingerprint density at radius 2 is 2.10 bits per heavy atom. The Morgan fingerprint density at radius 1 is 1.29 bits per heavy atom. The van der Waals surface area contributed by atoms with Crippen LogP contribution in [-0.2, 0) is 15.9 Å². The fourth-order valence-corrected chi connectivity index (χ4v) is 3.77. The summed E-state index contributed by atoms with van der Waals surface area (Å²) < 4.78 is 81.2. The number of esters is 1. The minimum absolute atomic E-state index is 0.107. The molecule has 1 aromatic carbocycles. The Morgan fingerprint density at radius 3 is 2.77 bits per heavy atom. The van der Waals surface area contributed by atoms with E-state index in [2.05, 4.69) is 4.74 Å². The van der Waals surface area contributed by atoms with Crippen LogP contribution in [0.2, 0.25) is 0 Å². The molecule has 0 radical (unpaired) electrons. The second kappa shape index (κ2) is 9.51. The van der Waals surface area contributed by atoms with E-state index in [0.29, 0.717) is 25.0 Å². The number of ether oxygens (including phenoxy) is 4. The summed E-state index contributed by atoms with van der Waals surface area (Å²) in [5.41, 5.74) is -1.52. The Hall–Kier alpha value is -2.87. The van der Waals surface area contributed by atoms with E-state index in [4.69, 9.17) is 22.4 Å². The van der Waals surface area contributed by atoms with Gasteiger partial charge in [0.05, 0.1) is 34.6 Å². The van der Waals surface area contributed by atoms with Crippen LogP contribution in [0.25, 0.3) is 11.3 Å². The Labute approximate surface area is 189 Å². The number of benzene rings is 1. The summed E-state index contributed by atoms with van der Waals surface area (Å²) in [5.74, 6) is -2.92. The first-order chi connectivity index (χ1) is 17.1. The maximum atomic E-state index is 15.6. The predicted octanol–water partition coefficient (Wildman–Crippen LogP) is 3.62. The van der Waals surface area contributed by atoms with Gasteiger partial charge >= 0.3 is 5.97 Å². The SMILES string of the molecule is [2H]C([2H])([2H])OC(=O)c1cn2c(c(F)c1=O)-c1cc(OC([2H])([2H])[2H])c(OCCCOC)cc1C[C@H]2C(C)C. The van der Waals surface area contributed by atoms with E-state index in [1.807, 2.05) is 13.8 Å². The van der Waals surface area contributed by atoms with Crippen molar-refractivity contribution in [1.29, 1.82) is 0 Å². The van der Waals surface area contributed by atoms with Crippen molar-refractivity contribution in [1.82, 2.24) is 4.57 Å². The van der Waals surface area contributed by atoms with Crippen molar-refractivity contribution >= 4 is 5.97 Å². The molecule has 1 aromatic heterocycles. The summed E-state index contributed by atoms with van der Waals surface area (Å²) in [6, 6.07) is 2.41. The van der Waals surface area contributed by atoms with E-state index in [1.54, 1.807) is 6.07 Å². The third-order valence-electron chi connectivity index (χ3n) is 5.33. The minimum atomic E-state index is -3.12. The first-order valence-corrected chi connectivity index (χ1v) is 9.79. The predicted molar refractivity (Wildman–Crippen MR) is 114 cm³/mol. The lowest BCUT2D eigenvalue weighted by atomic mass is 9.86. The van der Waals surface area contributed by atoms with Crippen LogP contribution in [0.15, 0.2) is 23.1 Å². The van der Waals surface area contributed by atoms with Crippen molar-refractivity contribution in [2.45, 2.75) is 32.7 Å². The molecule has 8 heteroatoms. The molecule has 2 aromatic rings. The van der Waals surface area contributed by atoms with Gasteiger partial charge in [0.1, 0.15) is 5.56 Å². The first kappa shape index (κ1) is 15.9. The van der Waals surface area contributed by atoms with Crippen LogP contribution >= 0.6 is 0 Å². The van der Waals surface area contributed by atoms with Crippen LogP contribution in [0, 0.1) is 11.7 Å². The van der Waals surface area contributed by atoms with Crippen LogP contribution in [-0.4, -0.2) is 44.9 Å². The van der Waals surface area contributed by atoms with E-state index in [0.717, 1.165) is 6.20 Å². The van der Waals surface area contributed by atoms with Crippen LogP contribution < -0.4 is 14.9 Å². The topological polar surface area (TPSA) is 76.0 Å². The van der Waals surface area contributed by atoms with Crippen molar-refractivity contribution < 1.29 is 36.4 Å². The van der Waals surface area contributed by atoms with Crippen molar-refractivity contribution in [3.05, 3.63) is 45.5 Å². The summed E-state index contributed by atoms with van der Waals surface area (Å²) in [7, 11) is -4.42. The van der Waals surface area contributed by atoms with Gasteiger partial charge < -0.3 is 23.5 Å². The van der Waals surface area contributed by atoms with Gasteiger partial charge in [-0.25, -0.2) is 9.18 Å².